The van der Waals surface area contributed by atoms with E-state index in [1.807, 2.05) is 20.8 Å². The van der Waals surface area contributed by atoms with Crippen LogP contribution in [0.25, 0.3) is 0 Å². The highest BCUT2D eigenvalue weighted by Crippen LogP contribution is 2.21. The molecule has 0 atom stereocenters. The Bertz CT molecular complexity index is 602. The van der Waals surface area contributed by atoms with Gasteiger partial charge in [-0.2, -0.15) is 0 Å². The second-order valence-electron chi connectivity index (χ2n) is 7.59. The van der Waals surface area contributed by atoms with Crippen molar-refractivity contribution in [3.05, 3.63) is 24.3 Å². The van der Waals surface area contributed by atoms with Crippen molar-refractivity contribution in [2.24, 2.45) is 5.41 Å². The van der Waals surface area contributed by atoms with Crippen molar-refractivity contribution in [1.29, 1.82) is 0 Å². The molecule has 6 heteroatoms. The van der Waals surface area contributed by atoms with Gasteiger partial charge in [-0.05, 0) is 37.8 Å². The van der Waals surface area contributed by atoms with Crippen LogP contribution in [0.5, 0.6) is 5.75 Å². The van der Waals surface area contributed by atoms with E-state index in [0.29, 0.717) is 11.4 Å². The smallest absolute Gasteiger partial charge is 0.258 e. The molecular weight excluding hydrogens is 320 g/mol. The van der Waals surface area contributed by atoms with Gasteiger partial charge in [0.15, 0.2) is 6.61 Å². The fourth-order valence-electron chi connectivity index (χ4n) is 2.62. The molecule has 1 aromatic rings. The summed E-state index contributed by atoms with van der Waals surface area (Å²) >= 11 is 0. The van der Waals surface area contributed by atoms with E-state index in [1.54, 1.807) is 24.3 Å². The molecule has 6 nitrogen and oxygen atoms in total. The summed E-state index contributed by atoms with van der Waals surface area (Å²) in [5.74, 6) is 0.272. The predicted molar refractivity (Wildman–Crippen MR) is 96.4 cm³/mol. The number of hydrogen-bond acceptors (Lipinski definition) is 4. The number of benzene rings is 1. The molecule has 0 heterocycles. The van der Waals surface area contributed by atoms with Crippen LogP contribution in [0, 0.1) is 5.41 Å². The van der Waals surface area contributed by atoms with Crippen molar-refractivity contribution >= 4 is 17.5 Å². The molecule has 1 saturated carbocycles. The van der Waals surface area contributed by atoms with Crippen LogP contribution in [0.15, 0.2) is 24.3 Å². The van der Waals surface area contributed by atoms with Crippen LogP contribution >= 0.6 is 0 Å². The third-order valence-corrected chi connectivity index (χ3v) is 4.20. The zero-order chi connectivity index (χ0) is 18.4. The van der Waals surface area contributed by atoms with E-state index in [-0.39, 0.29) is 30.6 Å². The molecule has 0 aliphatic heterocycles. The summed E-state index contributed by atoms with van der Waals surface area (Å²) in [6.07, 6.45) is 2.79. The average Bonchev–Trinajstić information content (AvgIpc) is 2.55. The lowest BCUT2D eigenvalue weighted by molar-refractivity contribution is -0.124. The Hall–Kier alpha value is -2.08. The highest BCUT2D eigenvalue weighted by atomic mass is 16.5. The van der Waals surface area contributed by atoms with Crippen molar-refractivity contribution < 1.29 is 19.4 Å². The molecule has 2 rings (SSSR count). The highest BCUT2D eigenvalue weighted by Gasteiger charge is 2.22. The van der Waals surface area contributed by atoms with E-state index in [1.165, 1.54) is 0 Å². The summed E-state index contributed by atoms with van der Waals surface area (Å²) in [5.41, 5.74) is 0.156. The zero-order valence-corrected chi connectivity index (χ0v) is 15.2. The molecular formula is C19H28N2O4. The number of carbonyl (C=O) groups is 2. The van der Waals surface area contributed by atoms with Crippen molar-refractivity contribution in [3.63, 3.8) is 0 Å². The number of ether oxygens (including phenoxy) is 1. The van der Waals surface area contributed by atoms with Gasteiger partial charge in [0.2, 0.25) is 5.91 Å². The summed E-state index contributed by atoms with van der Waals surface area (Å²) in [6, 6.07) is 7.11. The quantitative estimate of drug-likeness (QED) is 0.763. The van der Waals surface area contributed by atoms with E-state index in [2.05, 4.69) is 10.6 Å². The number of amides is 2. The monoisotopic (exact) mass is 348 g/mol. The topological polar surface area (TPSA) is 87.7 Å². The minimum Gasteiger partial charge on any atom is -0.484 e. The lowest BCUT2D eigenvalue weighted by atomic mass is 9.93. The van der Waals surface area contributed by atoms with Crippen LogP contribution in [-0.4, -0.2) is 35.7 Å². The normalized spacial score (nSPS) is 20.6. The average molecular weight is 348 g/mol. The van der Waals surface area contributed by atoms with Crippen LogP contribution in [0.3, 0.4) is 0 Å². The largest absolute Gasteiger partial charge is 0.484 e. The second-order valence-corrected chi connectivity index (χ2v) is 7.59. The molecule has 0 saturated heterocycles. The first-order chi connectivity index (χ1) is 11.7. The first-order valence-electron chi connectivity index (χ1n) is 8.76. The van der Waals surface area contributed by atoms with Crippen molar-refractivity contribution in [2.45, 2.75) is 58.6 Å². The summed E-state index contributed by atoms with van der Waals surface area (Å²) < 4.78 is 5.53. The number of aliphatic hydroxyl groups is 1. The van der Waals surface area contributed by atoms with Gasteiger partial charge in [0.1, 0.15) is 5.75 Å². The maximum Gasteiger partial charge on any atom is 0.258 e. The maximum atomic E-state index is 12.0. The van der Waals surface area contributed by atoms with Gasteiger partial charge in [-0.25, -0.2) is 0 Å². The van der Waals surface area contributed by atoms with E-state index in [9.17, 15) is 14.7 Å². The van der Waals surface area contributed by atoms with Crippen molar-refractivity contribution in [3.8, 4) is 5.75 Å². The lowest BCUT2D eigenvalue weighted by Gasteiger charge is -2.26. The summed E-state index contributed by atoms with van der Waals surface area (Å²) in [6.45, 7) is 5.46. The Kier molecular flexibility index (Phi) is 6.42. The predicted octanol–water partition coefficient (Wildman–Crippen LogP) is 2.47. The van der Waals surface area contributed by atoms with Crippen LogP contribution < -0.4 is 15.4 Å². The number of hydrogen-bond donors (Lipinski definition) is 3. The molecule has 1 aromatic carbocycles. The molecule has 2 amide bonds. The van der Waals surface area contributed by atoms with Crippen molar-refractivity contribution in [2.75, 3.05) is 11.9 Å². The molecule has 0 bridgehead atoms. The van der Waals surface area contributed by atoms with Gasteiger partial charge in [0.05, 0.1) is 6.10 Å². The van der Waals surface area contributed by atoms with Crippen molar-refractivity contribution in [1.82, 2.24) is 5.32 Å². The van der Waals surface area contributed by atoms with E-state index in [4.69, 9.17) is 4.74 Å². The van der Waals surface area contributed by atoms with Gasteiger partial charge in [-0.15, -0.1) is 0 Å². The molecule has 0 spiro atoms. The van der Waals surface area contributed by atoms with Gasteiger partial charge in [-0.3, -0.25) is 9.59 Å². The van der Waals surface area contributed by atoms with Gasteiger partial charge in [0.25, 0.3) is 5.91 Å². The molecule has 1 aliphatic rings. The van der Waals surface area contributed by atoms with Gasteiger partial charge < -0.3 is 20.5 Å². The number of anilines is 1. The van der Waals surface area contributed by atoms with Gasteiger partial charge in [-0.1, -0.05) is 26.8 Å². The van der Waals surface area contributed by atoms with Gasteiger partial charge >= 0.3 is 0 Å². The van der Waals surface area contributed by atoms with Gasteiger partial charge in [0, 0.05) is 23.2 Å². The zero-order valence-electron chi connectivity index (χ0n) is 15.2. The Morgan fingerprint density at radius 3 is 2.52 bits per heavy atom. The SMILES string of the molecule is CC(C)(C)C(=O)Nc1cccc(OCC(=O)NC2CCC(O)CC2)c1. The van der Waals surface area contributed by atoms with E-state index in [0.717, 1.165) is 25.7 Å². The third-order valence-electron chi connectivity index (χ3n) is 4.20. The standard InChI is InChI=1S/C19H28N2O4/c1-19(2,3)18(24)21-14-5-4-6-16(11-14)25-12-17(23)20-13-7-9-15(22)10-8-13/h4-6,11,13,15,22H,7-10,12H2,1-3H3,(H,20,23)(H,21,24). The second kappa shape index (κ2) is 8.34. The summed E-state index contributed by atoms with van der Waals surface area (Å²) in [5, 5.41) is 15.3. The van der Waals surface area contributed by atoms with Crippen LogP contribution in [0.2, 0.25) is 0 Å². The number of nitrogens with one attached hydrogen (secondary N) is 2. The summed E-state index contributed by atoms with van der Waals surface area (Å²) in [4.78, 5) is 24.0. The Morgan fingerprint density at radius 2 is 1.88 bits per heavy atom. The number of aliphatic hydroxyl groups excluding tert-OH is 1. The van der Waals surface area contributed by atoms with E-state index >= 15 is 0 Å². The van der Waals surface area contributed by atoms with E-state index < -0.39 is 5.41 Å². The number of rotatable bonds is 5. The Morgan fingerprint density at radius 1 is 1.20 bits per heavy atom. The molecule has 0 radical (unpaired) electrons. The highest BCUT2D eigenvalue weighted by molar-refractivity contribution is 5.94. The molecule has 25 heavy (non-hydrogen) atoms. The minimum absolute atomic E-state index is 0.0737. The fraction of sp³-hybridized carbons (Fsp3) is 0.579. The minimum atomic E-state index is -0.482. The fourth-order valence-corrected chi connectivity index (χ4v) is 2.62. The third kappa shape index (κ3) is 6.38. The molecule has 3 N–H and O–H groups in total. The molecule has 1 aliphatic carbocycles. The maximum absolute atomic E-state index is 12.0. The molecule has 0 unspecified atom stereocenters. The first kappa shape index (κ1) is 19.2. The lowest BCUT2D eigenvalue weighted by Crippen LogP contribution is -2.40. The Balaban J connectivity index is 1.81. The molecule has 1 fully saturated rings. The Labute approximate surface area is 149 Å². The first-order valence-corrected chi connectivity index (χ1v) is 8.76. The summed E-state index contributed by atoms with van der Waals surface area (Å²) in [7, 11) is 0. The van der Waals surface area contributed by atoms with Crippen LogP contribution in [-0.2, 0) is 9.59 Å². The molecule has 0 aromatic heterocycles. The number of carbonyl (C=O) groups excluding carboxylic acids is 2. The van der Waals surface area contributed by atoms with Crippen LogP contribution in [0.1, 0.15) is 46.5 Å². The van der Waals surface area contributed by atoms with Crippen LogP contribution in [0.4, 0.5) is 5.69 Å². The molecule has 138 valence electrons.